The van der Waals surface area contributed by atoms with Crippen molar-refractivity contribution in [1.29, 1.82) is 5.26 Å². The van der Waals surface area contributed by atoms with E-state index in [0.29, 0.717) is 5.69 Å². The van der Waals surface area contributed by atoms with Gasteiger partial charge in [-0.15, -0.1) is 0 Å². The Morgan fingerprint density at radius 2 is 2.43 bits per heavy atom. The lowest BCUT2D eigenvalue weighted by atomic mass is 10.1. The molecule has 0 spiro atoms. The highest BCUT2D eigenvalue weighted by Crippen LogP contribution is 2.08. The van der Waals surface area contributed by atoms with Gasteiger partial charge in [0.05, 0.1) is 5.69 Å². The second kappa shape index (κ2) is 4.19. The van der Waals surface area contributed by atoms with Crippen molar-refractivity contribution in [2.75, 3.05) is 0 Å². The van der Waals surface area contributed by atoms with Crippen molar-refractivity contribution in [3.05, 3.63) is 35.2 Å². The molecule has 4 nitrogen and oxygen atoms in total. The summed E-state index contributed by atoms with van der Waals surface area (Å²) in [6.07, 6.45) is 2.81. The smallest absolute Gasteiger partial charge is 0.346 e. The highest BCUT2D eigenvalue weighted by molar-refractivity contribution is 5.96. The summed E-state index contributed by atoms with van der Waals surface area (Å²) in [7, 11) is 0. The summed E-state index contributed by atoms with van der Waals surface area (Å²) in [5.74, 6) is -1.24. The molecule has 70 valence electrons. The molecule has 0 fully saturated rings. The van der Waals surface area contributed by atoms with Gasteiger partial charge in [0.15, 0.2) is 0 Å². The van der Waals surface area contributed by atoms with E-state index in [1.165, 1.54) is 6.08 Å². The van der Waals surface area contributed by atoms with Gasteiger partial charge in [-0.25, -0.2) is 4.79 Å². The van der Waals surface area contributed by atoms with E-state index >= 15 is 0 Å². The molecular formula is C10H8N2O2. The third-order valence-electron chi connectivity index (χ3n) is 1.68. The molecule has 0 aliphatic heterocycles. The van der Waals surface area contributed by atoms with Crippen LogP contribution in [0.15, 0.2) is 23.9 Å². The Morgan fingerprint density at radius 3 is 2.93 bits per heavy atom. The standard InChI is InChI=1S/C10H8N2O2/c1-7-3-2-4-12-9(7)5-8(6-11)10(13)14/h2-5H,1H3,(H,13,14)/b8-5+. The van der Waals surface area contributed by atoms with Crippen LogP contribution in [0.4, 0.5) is 0 Å². The van der Waals surface area contributed by atoms with E-state index in [0.717, 1.165) is 5.56 Å². The molecule has 0 saturated carbocycles. The quantitative estimate of drug-likeness (QED) is 0.562. The van der Waals surface area contributed by atoms with Crippen LogP contribution in [0.5, 0.6) is 0 Å². The van der Waals surface area contributed by atoms with E-state index in [4.69, 9.17) is 10.4 Å². The Morgan fingerprint density at radius 1 is 1.71 bits per heavy atom. The Kier molecular flexibility index (Phi) is 2.97. The van der Waals surface area contributed by atoms with Crippen LogP contribution in [0.3, 0.4) is 0 Å². The summed E-state index contributed by atoms with van der Waals surface area (Å²) >= 11 is 0. The molecule has 14 heavy (non-hydrogen) atoms. The zero-order valence-corrected chi connectivity index (χ0v) is 7.56. The summed E-state index contributed by atoms with van der Waals surface area (Å²) in [4.78, 5) is 14.5. The van der Waals surface area contributed by atoms with Crippen LogP contribution in [0, 0.1) is 18.3 Å². The van der Waals surface area contributed by atoms with Crippen molar-refractivity contribution in [1.82, 2.24) is 4.98 Å². The normalized spacial score (nSPS) is 10.7. The van der Waals surface area contributed by atoms with E-state index in [9.17, 15) is 4.79 Å². The number of carboxylic acid groups (broad SMARTS) is 1. The molecule has 0 aromatic carbocycles. The lowest BCUT2D eigenvalue weighted by Gasteiger charge is -1.97. The number of hydrogen-bond donors (Lipinski definition) is 1. The first kappa shape index (κ1) is 9.93. The lowest BCUT2D eigenvalue weighted by molar-refractivity contribution is -0.132. The third kappa shape index (κ3) is 2.17. The Bertz CT molecular complexity index is 430. The van der Waals surface area contributed by atoms with Crippen molar-refractivity contribution in [2.24, 2.45) is 0 Å². The highest BCUT2D eigenvalue weighted by Gasteiger charge is 2.06. The fourth-order valence-corrected chi connectivity index (χ4v) is 0.928. The monoisotopic (exact) mass is 188 g/mol. The second-order valence-electron chi connectivity index (χ2n) is 2.68. The van der Waals surface area contributed by atoms with Gasteiger partial charge in [-0.2, -0.15) is 5.26 Å². The minimum atomic E-state index is -1.24. The van der Waals surface area contributed by atoms with Crippen LogP contribution in [0.25, 0.3) is 6.08 Å². The summed E-state index contributed by atoms with van der Waals surface area (Å²) in [6, 6.07) is 5.15. The largest absolute Gasteiger partial charge is 0.477 e. The average Bonchev–Trinajstić information content (AvgIpc) is 2.16. The zero-order chi connectivity index (χ0) is 10.6. The number of rotatable bonds is 2. The number of carbonyl (C=O) groups is 1. The minimum absolute atomic E-state index is 0.313. The maximum Gasteiger partial charge on any atom is 0.346 e. The number of carboxylic acids is 1. The van der Waals surface area contributed by atoms with Gasteiger partial charge in [0.1, 0.15) is 11.6 Å². The number of hydrogen-bond acceptors (Lipinski definition) is 3. The molecular weight excluding hydrogens is 180 g/mol. The second-order valence-corrected chi connectivity index (χ2v) is 2.68. The number of aromatic nitrogens is 1. The van der Waals surface area contributed by atoms with Gasteiger partial charge in [0, 0.05) is 6.20 Å². The predicted molar refractivity (Wildman–Crippen MR) is 50.2 cm³/mol. The third-order valence-corrected chi connectivity index (χ3v) is 1.68. The van der Waals surface area contributed by atoms with E-state index < -0.39 is 5.97 Å². The first-order valence-corrected chi connectivity index (χ1v) is 3.92. The van der Waals surface area contributed by atoms with Crippen molar-refractivity contribution < 1.29 is 9.90 Å². The van der Waals surface area contributed by atoms with E-state index in [-0.39, 0.29) is 5.57 Å². The molecule has 0 saturated heterocycles. The summed E-state index contributed by atoms with van der Waals surface area (Å²) in [5, 5.41) is 17.1. The molecule has 0 unspecified atom stereocenters. The van der Waals surface area contributed by atoms with Crippen LogP contribution < -0.4 is 0 Å². The van der Waals surface area contributed by atoms with Crippen LogP contribution in [0.1, 0.15) is 11.3 Å². The maximum absolute atomic E-state index is 10.5. The summed E-state index contributed by atoms with van der Waals surface area (Å²) in [6.45, 7) is 1.80. The molecule has 4 heteroatoms. The van der Waals surface area contributed by atoms with E-state index in [2.05, 4.69) is 4.98 Å². The van der Waals surface area contributed by atoms with Crippen LogP contribution >= 0.6 is 0 Å². The van der Waals surface area contributed by atoms with Gasteiger partial charge in [-0.05, 0) is 24.6 Å². The first-order chi connectivity index (χ1) is 6.65. The van der Waals surface area contributed by atoms with Crippen molar-refractivity contribution in [2.45, 2.75) is 6.92 Å². The van der Waals surface area contributed by atoms with Gasteiger partial charge in [-0.3, -0.25) is 4.98 Å². The van der Waals surface area contributed by atoms with E-state index in [1.807, 2.05) is 0 Å². The SMILES string of the molecule is Cc1cccnc1/C=C(\C#N)C(=O)O. The number of nitriles is 1. The zero-order valence-electron chi connectivity index (χ0n) is 7.56. The number of aliphatic carboxylic acids is 1. The van der Waals surface area contributed by atoms with Gasteiger partial charge in [-0.1, -0.05) is 6.07 Å². The Hall–Kier alpha value is -2.15. The molecule has 0 aliphatic carbocycles. The molecule has 0 radical (unpaired) electrons. The number of nitrogens with zero attached hydrogens (tertiary/aromatic N) is 2. The average molecular weight is 188 g/mol. The molecule has 0 atom stereocenters. The Balaban J connectivity index is 3.15. The van der Waals surface area contributed by atoms with Crippen LogP contribution in [0.2, 0.25) is 0 Å². The van der Waals surface area contributed by atoms with Gasteiger partial charge in [0.25, 0.3) is 0 Å². The predicted octanol–water partition coefficient (Wildman–Crippen LogP) is 1.38. The molecule has 1 aromatic heterocycles. The Labute approximate surface area is 81.1 Å². The van der Waals surface area contributed by atoms with Crippen molar-refractivity contribution in [3.63, 3.8) is 0 Å². The number of aryl methyl sites for hydroxylation is 1. The van der Waals surface area contributed by atoms with Gasteiger partial charge >= 0.3 is 5.97 Å². The molecule has 0 aliphatic rings. The molecule has 0 amide bonds. The van der Waals surface area contributed by atoms with Crippen molar-refractivity contribution in [3.8, 4) is 6.07 Å². The highest BCUT2D eigenvalue weighted by atomic mass is 16.4. The molecule has 0 bridgehead atoms. The molecule has 1 N–H and O–H groups in total. The van der Waals surface area contributed by atoms with Crippen molar-refractivity contribution >= 4 is 12.0 Å². The first-order valence-electron chi connectivity index (χ1n) is 3.92. The maximum atomic E-state index is 10.5. The molecule has 1 heterocycles. The minimum Gasteiger partial charge on any atom is -0.477 e. The summed E-state index contributed by atoms with van der Waals surface area (Å²) < 4.78 is 0. The van der Waals surface area contributed by atoms with Gasteiger partial charge < -0.3 is 5.11 Å². The molecule has 1 rings (SSSR count). The van der Waals surface area contributed by atoms with Crippen LogP contribution in [-0.2, 0) is 4.79 Å². The molecule has 1 aromatic rings. The fourth-order valence-electron chi connectivity index (χ4n) is 0.928. The summed E-state index contributed by atoms with van der Waals surface area (Å²) in [5.41, 5.74) is 1.03. The van der Waals surface area contributed by atoms with Crippen LogP contribution in [-0.4, -0.2) is 16.1 Å². The lowest BCUT2D eigenvalue weighted by Crippen LogP contribution is -1.98. The topological polar surface area (TPSA) is 74.0 Å². The van der Waals surface area contributed by atoms with E-state index in [1.54, 1.807) is 31.3 Å². The fraction of sp³-hybridized carbons (Fsp3) is 0.100. The van der Waals surface area contributed by atoms with Gasteiger partial charge in [0.2, 0.25) is 0 Å². The number of pyridine rings is 1.